The molecule has 110 valence electrons. The lowest BCUT2D eigenvalue weighted by Crippen LogP contribution is -2.31. The highest BCUT2D eigenvalue weighted by Crippen LogP contribution is 2.40. The molecular formula is C13H30NO3P. The highest BCUT2D eigenvalue weighted by Gasteiger charge is 2.19. The van der Waals surface area contributed by atoms with E-state index in [0.29, 0.717) is 19.1 Å². The van der Waals surface area contributed by atoms with Gasteiger partial charge in [-0.05, 0) is 52.7 Å². The van der Waals surface area contributed by atoms with Gasteiger partial charge in [-0.1, -0.05) is 13.8 Å². The Morgan fingerprint density at radius 2 is 1.50 bits per heavy atom. The van der Waals surface area contributed by atoms with E-state index in [9.17, 15) is 0 Å². The lowest BCUT2D eigenvalue weighted by molar-refractivity contribution is 0.122. The molecule has 18 heavy (non-hydrogen) atoms. The number of hydrogen-bond acceptors (Lipinski definition) is 4. The maximum atomic E-state index is 5.70. The Hall–Kier alpha value is 0.270. The standard InChI is InChI=1S/C11H24NO3P.C2H6/c1-4-13-16(14-5-2)15-10-11-6-8-12(3)9-7-11;1-2/h11H,4-10H2,1-3H3;1-2H3. The van der Waals surface area contributed by atoms with Crippen LogP contribution in [0.5, 0.6) is 0 Å². The van der Waals surface area contributed by atoms with Gasteiger partial charge in [-0.3, -0.25) is 0 Å². The zero-order chi connectivity index (χ0) is 13.8. The van der Waals surface area contributed by atoms with Gasteiger partial charge < -0.3 is 18.5 Å². The molecule has 0 aromatic rings. The number of rotatable bonds is 7. The predicted octanol–water partition coefficient (Wildman–Crippen LogP) is 3.67. The summed E-state index contributed by atoms with van der Waals surface area (Å²) < 4.78 is 16.5. The molecule has 4 nitrogen and oxygen atoms in total. The molecule has 0 unspecified atom stereocenters. The molecule has 1 rings (SSSR count). The van der Waals surface area contributed by atoms with Gasteiger partial charge in [0.15, 0.2) is 0 Å². The van der Waals surface area contributed by atoms with E-state index in [1.165, 1.54) is 25.9 Å². The van der Waals surface area contributed by atoms with Crippen molar-refractivity contribution in [2.24, 2.45) is 5.92 Å². The van der Waals surface area contributed by atoms with Crippen LogP contribution in [0.1, 0.15) is 40.5 Å². The van der Waals surface area contributed by atoms with E-state index in [4.69, 9.17) is 13.6 Å². The molecule has 0 N–H and O–H groups in total. The third-order valence-corrected chi connectivity index (χ3v) is 4.02. The van der Waals surface area contributed by atoms with Gasteiger partial charge in [0.2, 0.25) is 0 Å². The van der Waals surface area contributed by atoms with Gasteiger partial charge in [0.1, 0.15) is 0 Å². The maximum absolute atomic E-state index is 5.70. The Morgan fingerprint density at radius 3 is 1.94 bits per heavy atom. The lowest BCUT2D eigenvalue weighted by atomic mass is 9.98. The SMILES string of the molecule is CC.CCOP(OCC)OCC1CCN(C)CC1. The van der Waals surface area contributed by atoms with Gasteiger partial charge in [0, 0.05) is 0 Å². The quantitative estimate of drug-likeness (QED) is 0.665. The van der Waals surface area contributed by atoms with Gasteiger partial charge in [0.05, 0.1) is 19.8 Å². The summed E-state index contributed by atoms with van der Waals surface area (Å²) in [6, 6.07) is 0. The molecule has 0 aliphatic carbocycles. The first-order chi connectivity index (χ1) is 8.76. The van der Waals surface area contributed by atoms with Crippen molar-refractivity contribution in [3.05, 3.63) is 0 Å². The average Bonchev–Trinajstić information content (AvgIpc) is 2.41. The summed E-state index contributed by atoms with van der Waals surface area (Å²) in [7, 11) is 1.06. The monoisotopic (exact) mass is 279 g/mol. The molecule has 0 aromatic carbocycles. The van der Waals surface area contributed by atoms with Gasteiger partial charge in [0.25, 0.3) is 0 Å². The second kappa shape index (κ2) is 12.3. The zero-order valence-electron chi connectivity index (χ0n) is 12.6. The zero-order valence-corrected chi connectivity index (χ0v) is 13.5. The first-order valence-corrected chi connectivity index (χ1v) is 8.23. The summed E-state index contributed by atoms with van der Waals surface area (Å²) in [6.45, 7) is 12.4. The molecule has 0 bridgehead atoms. The van der Waals surface area contributed by atoms with Crippen molar-refractivity contribution in [3.8, 4) is 0 Å². The molecule has 0 atom stereocenters. The van der Waals surface area contributed by atoms with E-state index in [0.717, 1.165) is 6.61 Å². The van der Waals surface area contributed by atoms with Crippen LogP contribution in [0.3, 0.4) is 0 Å². The minimum absolute atomic E-state index is 0.652. The minimum Gasteiger partial charge on any atom is -0.313 e. The van der Waals surface area contributed by atoms with E-state index in [-0.39, 0.29) is 0 Å². The highest BCUT2D eigenvalue weighted by molar-refractivity contribution is 7.41. The van der Waals surface area contributed by atoms with Crippen LogP contribution in [-0.4, -0.2) is 44.9 Å². The second-order valence-corrected chi connectivity index (χ2v) is 5.32. The van der Waals surface area contributed by atoms with Crippen molar-refractivity contribution < 1.29 is 13.6 Å². The average molecular weight is 279 g/mol. The summed E-state index contributed by atoms with van der Waals surface area (Å²) >= 11 is 0. The van der Waals surface area contributed by atoms with Crippen molar-refractivity contribution in [2.45, 2.75) is 40.5 Å². The molecule has 1 saturated heterocycles. The third-order valence-electron chi connectivity index (χ3n) is 2.72. The van der Waals surface area contributed by atoms with Gasteiger partial charge in [-0.2, -0.15) is 0 Å². The van der Waals surface area contributed by atoms with E-state index >= 15 is 0 Å². The predicted molar refractivity (Wildman–Crippen MR) is 77.7 cm³/mol. The van der Waals surface area contributed by atoms with Crippen LogP contribution in [0.4, 0.5) is 0 Å². The largest absolute Gasteiger partial charge is 0.332 e. The Kier molecular flexibility index (Phi) is 12.5. The van der Waals surface area contributed by atoms with Crippen molar-refractivity contribution in [3.63, 3.8) is 0 Å². The fraction of sp³-hybridized carbons (Fsp3) is 1.00. The first kappa shape index (κ1) is 18.3. The van der Waals surface area contributed by atoms with E-state index in [1.54, 1.807) is 0 Å². The van der Waals surface area contributed by atoms with E-state index < -0.39 is 8.60 Å². The minimum atomic E-state index is -1.11. The van der Waals surface area contributed by atoms with Gasteiger partial charge in [-0.25, -0.2) is 0 Å². The molecule has 5 heteroatoms. The van der Waals surface area contributed by atoms with Crippen molar-refractivity contribution >= 4 is 8.60 Å². The molecule has 1 fully saturated rings. The first-order valence-electron chi connectivity index (χ1n) is 7.13. The number of hydrogen-bond donors (Lipinski definition) is 0. The van der Waals surface area contributed by atoms with Crippen LogP contribution < -0.4 is 0 Å². The van der Waals surface area contributed by atoms with Crippen molar-refractivity contribution in [1.82, 2.24) is 4.90 Å². The molecule has 1 aliphatic heterocycles. The molecule has 1 heterocycles. The Labute approximate surface area is 114 Å². The highest BCUT2D eigenvalue weighted by atomic mass is 31.2. The smallest absolute Gasteiger partial charge is 0.313 e. The van der Waals surface area contributed by atoms with Crippen LogP contribution in [-0.2, 0) is 13.6 Å². The van der Waals surface area contributed by atoms with E-state index in [2.05, 4.69) is 11.9 Å². The summed E-state index contributed by atoms with van der Waals surface area (Å²) in [4.78, 5) is 2.37. The van der Waals surface area contributed by atoms with Crippen LogP contribution >= 0.6 is 8.60 Å². The molecular weight excluding hydrogens is 249 g/mol. The molecule has 0 aromatic heterocycles. The Bertz CT molecular complexity index is 170. The molecule has 1 aliphatic rings. The molecule has 0 spiro atoms. The second-order valence-electron chi connectivity index (χ2n) is 4.10. The summed E-state index contributed by atoms with van der Waals surface area (Å²) in [5, 5.41) is 0. The molecule has 0 saturated carbocycles. The lowest BCUT2D eigenvalue weighted by Gasteiger charge is -2.29. The normalized spacial score (nSPS) is 17.7. The third kappa shape index (κ3) is 8.39. The van der Waals surface area contributed by atoms with Crippen LogP contribution in [0, 0.1) is 5.92 Å². The number of nitrogens with zero attached hydrogens (tertiary/aromatic N) is 1. The van der Waals surface area contributed by atoms with Gasteiger partial charge in [-0.15, -0.1) is 0 Å². The molecule has 0 amide bonds. The topological polar surface area (TPSA) is 30.9 Å². The maximum Gasteiger partial charge on any atom is 0.332 e. The summed E-state index contributed by atoms with van der Waals surface area (Å²) in [5.41, 5.74) is 0. The van der Waals surface area contributed by atoms with Crippen molar-refractivity contribution in [1.29, 1.82) is 0 Å². The van der Waals surface area contributed by atoms with Crippen LogP contribution in [0.2, 0.25) is 0 Å². The number of piperidine rings is 1. The fourth-order valence-electron chi connectivity index (χ4n) is 1.72. The van der Waals surface area contributed by atoms with Crippen LogP contribution in [0.25, 0.3) is 0 Å². The summed E-state index contributed by atoms with van der Waals surface area (Å²) in [6.07, 6.45) is 2.44. The fourth-order valence-corrected chi connectivity index (χ4v) is 2.70. The van der Waals surface area contributed by atoms with E-state index in [1.807, 2.05) is 27.7 Å². The number of likely N-dealkylation sites (tertiary alicyclic amines) is 1. The van der Waals surface area contributed by atoms with Gasteiger partial charge >= 0.3 is 8.60 Å². The Balaban J connectivity index is 0.00000137. The Morgan fingerprint density at radius 1 is 1.00 bits per heavy atom. The summed E-state index contributed by atoms with van der Waals surface area (Å²) in [5.74, 6) is 0.669. The van der Waals surface area contributed by atoms with Crippen LogP contribution in [0.15, 0.2) is 0 Å². The molecule has 0 radical (unpaired) electrons. The van der Waals surface area contributed by atoms with Crippen molar-refractivity contribution in [2.75, 3.05) is 40.0 Å².